The number of nitrogens with two attached hydrogens (primary N) is 1. The van der Waals surface area contributed by atoms with Gasteiger partial charge in [-0.25, -0.2) is 0 Å². The van der Waals surface area contributed by atoms with E-state index in [0.717, 1.165) is 5.75 Å². The van der Waals surface area contributed by atoms with Crippen molar-refractivity contribution in [1.82, 2.24) is 4.90 Å². The molecule has 1 saturated heterocycles. The second-order valence-electron chi connectivity index (χ2n) is 4.49. The van der Waals surface area contributed by atoms with Crippen molar-refractivity contribution in [3.05, 3.63) is 0 Å². The van der Waals surface area contributed by atoms with Gasteiger partial charge in [-0.05, 0) is 19.8 Å². The maximum atomic E-state index is 11.8. The minimum absolute atomic E-state index is 0.0967. The highest BCUT2D eigenvalue weighted by Gasteiger charge is 2.26. The smallest absolute Gasteiger partial charge is 0.306 e. The highest BCUT2D eigenvalue weighted by Crippen LogP contribution is 2.18. The number of amides is 1. The Bertz CT molecular complexity index is 276. The van der Waals surface area contributed by atoms with Crippen molar-refractivity contribution in [2.24, 2.45) is 11.7 Å². The number of carboxylic acid groups (broad SMARTS) is 1. The first kappa shape index (κ1) is 14.3. The predicted molar refractivity (Wildman–Crippen MR) is 67.9 cm³/mol. The Labute approximate surface area is 106 Å². The first-order valence-corrected chi connectivity index (χ1v) is 7.00. The molecule has 6 heteroatoms. The van der Waals surface area contributed by atoms with Crippen molar-refractivity contribution in [2.75, 3.05) is 24.6 Å². The molecule has 17 heavy (non-hydrogen) atoms. The number of hydrogen-bond acceptors (Lipinski definition) is 4. The summed E-state index contributed by atoms with van der Waals surface area (Å²) in [6.07, 6.45) is 1.14. The molecule has 0 saturated carbocycles. The number of carbonyl (C=O) groups is 2. The molecule has 1 fully saturated rings. The number of nitrogens with zero attached hydrogens (tertiary/aromatic N) is 1. The van der Waals surface area contributed by atoms with Crippen molar-refractivity contribution in [3.63, 3.8) is 0 Å². The zero-order valence-corrected chi connectivity index (χ0v) is 10.9. The monoisotopic (exact) mass is 260 g/mol. The number of carbonyl (C=O) groups excluding carboxylic acids is 1. The first-order chi connectivity index (χ1) is 8.00. The number of thioether (sulfide) groups is 1. The molecule has 1 atom stereocenters. The summed E-state index contributed by atoms with van der Waals surface area (Å²) in [7, 11) is 0. The molecule has 0 spiro atoms. The summed E-state index contributed by atoms with van der Waals surface area (Å²) in [5, 5.41) is 8.84. The Morgan fingerprint density at radius 1 is 1.47 bits per heavy atom. The quantitative estimate of drug-likeness (QED) is 0.747. The van der Waals surface area contributed by atoms with Crippen molar-refractivity contribution in [1.29, 1.82) is 0 Å². The van der Waals surface area contributed by atoms with Gasteiger partial charge in [0.1, 0.15) is 0 Å². The van der Waals surface area contributed by atoms with E-state index in [1.54, 1.807) is 4.90 Å². The third-order valence-corrected chi connectivity index (χ3v) is 4.02. The molecule has 0 aliphatic carbocycles. The minimum Gasteiger partial charge on any atom is -0.481 e. The van der Waals surface area contributed by atoms with Gasteiger partial charge in [0, 0.05) is 24.9 Å². The van der Waals surface area contributed by atoms with Gasteiger partial charge in [0.15, 0.2) is 0 Å². The minimum atomic E-state index is -0.747. The zero-order chi connectivity index (χ0) is 12.8. The Morgan fingerprint density at radius 2 is 2.06 bits per heavy atom. The maximum Gasteiger partial charge on any atom is 0.306 e. The molecule has 0 aromatic carbocycles. The second-order valence-corrected chi connectivity index (χ2v) is 5.52. The van der Waals surface area contributed by atoms with Gasteiger partial charge in [0.05, 0.1) is 11.7 Å². The average Bonchev–Trinajstić information content (AvgIpc) is 2.28. The normalized spacial score (nSPS) is 19.1. The lowest BCUT2D eigenvalue weighted by Gasteiger charge is -2.30. The lowest BCUT2D eigenvalue weighted by atomic mass is 9.97. The van der Waals surface area contributed by atoms with E-state index in [0.29, 0.717) is 31.7 Å². The summed E-state index contributed by atoms with van der Waals surface area (Å²) < 4.78 is 0. The summed E-state index contributed by atoms with van der Waals surface area (Å²) in [4.78, 5) is 24.3. The average molecular weight is 260 g/mol. The predicted octanol–water partition coefficient (Wildman–Crippen LogP) is 0.390. The van der Waals surface area contributed by atoms with Gasteiger partial charge in [-0.3, -0.25) is 9.59 Å². The van der Waals surface area contributed by atoms with Gasteiger partial charge in [-0.1, -0.05) is 0 Å². The lowest BCUT2D eigenvalue weighted by molar-refractivity contribution is -0.145. The third-order valence-electron chi connectivity index (χ3n) is 2.80. The largest absolute Gasteiger partial charge is 0.481 e. The van der Waals surface area contributed by atoms with E-state index in [2.05, 4.69) is 0 Å². The zero-order valence-electron chi connectivity index (χ0n) is 10.1. The van der Waals surface area contributed by atoms with Crippen LogP contribution in [-0.4, -0.2) is 52.5 Å². The van der Waals surface area contributed by atoms with Crippen LogP contribution >= 0.6 is 11.8 Å². The topological polar surface area (TPSA) is 83.6 Å². The molecule has 1 rings (SSSR count). The van der Waals surface area contributed by atoms with E-state index in [-0.39, 0.29) is 17.9 Å². The fourth-order valence-corrected chi connectivity index (χ4v) is 2.65. The van der Waals surface area contributed by atoms with E-state index in [4.69, 9.17) is 10.8 Å². The molecule has 5 nitrogen and oxygen atoms in total. The fraction of sp³-hybridized carbons (Fsp3) is 0.818. The van der Waals surface area contributed by atoms with Gasteiger partial charge in [-0.15, -0.1) is 0 Å². The number of likely N-dealkylation sites (tertiary alicyclic amines) is 1. The Hall–Kier alpha value is -0.750. The Balaban J connectivity index is 2.24. The van der Waals surface area contributed by atoms with Crippen molar-refractivity contribution in [3.8, 4) is 0 Å². The van der Waals surface area contributed by atoms with Crippen molar-refractivity contribution < 1.29 is 14.7 Å². The van der Waals surface area contributed by atoms with Crippen LogP contribution in [0.5, 0.6) is 0 Å². The third kappa shape index (κ3) is 4.95. The highest BCUT2D eigenvalue weighted by atomic mass is 32.2. The molecular formula is C11H20N2O3S. The second kappa shape index (κ2) is 6.86. The number of aliphatic carboxylic acids is 1. The Kier molecular flexibility index (Phi) is 5.77. The van der Waals surface area contributed by atoms with Crippen LogP contribution < -0.4 is 5.73 Å². The number of hydrogen-bond donors (Lipinski definition) is 2. The highest BCUT2D eigenvalue weighted by molar-refractivity contribution is 7.99. The molecule has 1 aliphatic rings. The van der Waals surface area contributed by atoms with Gasteiger partial charge < -0.3 is 15.7 Å². The number of carboxylic acids is 1. The standard InChI is InChI=1S/C11H20N2O3S/c1-8(12)6-17-7-10(14)13-4-2-9(3-5-13)11(15)16/h8-9H,2-7,12H2,1H3,(H,15,16). The molecular weight excluding hydrogens is 240 g/mol. The summed E-state index contributed by atoms with van der Waals surface area (Å²) in [5.74, 6) is 0.287. The van der Waals surface area contributed by atoms with Crippen LogP contribution in [0.1, 0.15) is 19.8 Å². The van der Waals surface area contributed by atoms with Crippen LogP contribution in [0.2, 0.25) is 0 Å². The molecule has 98 valence electrons. The van der Waals surface area contributed by atoms with Gasteiger partial charge in [0.2, 0.25) is 5.91 Å². The van der Waals surface area contributed by atoms with Gasteiger partial charge >= 0.3 is 5.97 Å². The van der Waals surface area contributed by atoms with Gasteiger partial charge in [-0.2, -0.15) is 11.8 Å². The van der Waals surface area contributed by atoms with E-state index in [1.807, 2.05) is 6.92 Å². The fourth-order valence-electron chi connectivity index (χ4n) is 1.80. The summed E-state index contributed by atoms with van der Waals surface area (Å²) in [6, 6.07) is 0.102. The van der Waals surface area contributed by atoms with E-state index >= 15 is 0 Å². The first-order valence-electron chi connectivity index (χ1n) is 5.84. The molecule has 1 unspecified atom stereocenters. The SMILES string of the molecule is CC(N)CSCC(=O)N1CCC(C(=O)O)CC1. The molecule has 0 radical (unpaired) electrons. The molecule has 3 N–H and O–H groups in total. The Morgan fingerprint density at radius 3 is 2.53 bits per heavy atom. The number of piperidine rings is 1. The number of rotatable bonds is 5. The molecule has 0 aromatic heterocycles. The van der Waals surface area contributed by atoms with Crippen molar-refractivity contribution >= 4 is 23.6 Å². The molecule has 0 bridgehead atoms. The van der Waals surface area contributed by atoms with Crippen LogP contribution in [0.25, 0.3) is 0 Å². The van der Waals surface area contributed by atoms with E-state index < -0.39 is 5.97 Å². The van der Waals surface area contributed by atoms with Crippen LogP contribution in [-0.2, 0) is 9.59 Å². The molecule has 0 aromatic rings. The van der Waals surface area contributed by atoms with Gasteiger partial charge in [0.25, 0.3) is 0 Å². The van der Waals surface area contributed by atoms with E-state index in [1.165, 1.54) is 11.8 Å². The summed E-state index contributed by atoms with van der Waals surface area (Å²) in [5.41, 5.74) is 5.60. The van der Waals surface area contributed by atoms with Crippen LogP contribution in [0.3, 0.4) is 0 Å². The summed E-state index contributed by atoms with van der Waals surface area (Å²) in [6.45, 7) is 3.04. The van der Waals surface area contributed by atoms with Crippen LogP contribution in [0.4, 0.5) is 0 Å². The maximum absolute atomic E-state index is 11.8. The van der Waals surface area contributed by atoms with E-state index in [9.17, 15) is 9.59 Å². The lowest BCUT2D eigenvalue weighted by Crippen LogP contribution is -2.41. The molecule has 1 amide bonds. The molecule has 1 heterocycles. The molecule has 1 aliphatic heterocycles. The van der Waals surface area contributed by atoms with Crippen LogP contribution in [0, 0.1) is 5.92 Å². The summed E-state index contributed by atoms with van der Waals surface area (Å²) >= 11 is 1.54. The van der Waals surface area contributed by atoms with Crippen molar-refractivity contribution in [2.45, 2.75) is 25.8 Å². The van der Waals surface area contributed by atoms with Crippen LogP contribution in [0.15, 0.2) is 0 Å².